The zero-order valence-electron chi connectivity index (χ0n) is 10.4. The van der Waals surface area contributed by atoms with Crippen molar-refractivity contribution in [3.05, 3.63) is 64.1 Å². The van der Waals surface area contributed by atoms with Crippen LogP contribution in [0.5, 0.6) is 0 Å². The summed E-state index contributed by atoms with van der Waals surface area (Å²) in [6.07, 6.45) is 0. The van der Waals surface area contributed by atoms with Crippen molar-refractivity contribution in [3.63, 3.8) is 0 Å². The molecule has 2 aromatic carbocycles. The first-order valence-corrected chi connectivity index (χ1v) is 6.58. The van der Waals surface area contributed by atoms with E-state index in [4.69, 9.17) is 5.84 Å². The number of anilines is 1. The summed E-state index contributed by atoms with van der Waals surface area (Å²) in [5, 5.41) is 2.69. The number of rotatable bonds is 3. The largest absolute Gasteiger partial charge is 0.321 e. The van der Waals surface area contributed by atoms with Gasteiger partial charge in [0.15, 0.2) is 0 Å². The molecular weight excluding hydrogens is 322 g/mol. The first-order chi connectivity index (χ1) is 9.61. The molecule has 20 heavy (non-hydrogen) atoms. The van der Waals surface area contributed by atoms with Crippen LogP contribution < -0.4 is 16.6 Å². The monoisotopic (exact) mass is 333 g/mol. The van der Waals surface area contributed by atoms with Gasteiger partial charge in [0.2, 0.25) is 0 Å². The lowest BCUT2D eigenvalue weighted by molar-refractivity contribution is 0.0954. The average molecular weight is 334 g/mol. The summed E-state index contributed by atoms with van der Waals surface area (Å²) in [5.41, 5.74) is 3.24. The van der Waals surface area contributed by atoms with Crippen LogP contribution in [0.4, 0.5) is 5.69 Å². The number of hydrogen-bond donors (Lipinski definition) is 3. The molecule has 0 bridgehead atoms. The minimum atomic E-state index is -0.477. The number of hydrogen-bond acceptors (Lipinski definition) is 3. The van der Waals surface area contributed by atoms with Crippen molar-refractivity contribution in [2.75, 3.05) is 5.32 Å². The number of nitrogens with one attached hydrogen (secondary N) is 2. The third-order valence-corrected chi connectivity index (χ3v) is 3.13. The Morgan fingerprint density at radius 2 is 1.70 bits per heavy atom. The van der Waals surface area contributed by atoms with Crippen molar-refractivity contribution in [1.29, 1.82) is 0 Å². The number of nitrogen functional groups attached to an aromatic ring is 1. The minimum absolute atomic E-state index is 0.283. The second-order valence-electron chi connectivity index (χ2n) is 3.98. The standard InChI is InChI=1S/C14H12BrN3O2/c15-10-6-7-12(11(8-10)14(20)18-16)17-13(19)9-4-2-1-3-5-9/h1-8H,16H2,(H,17,19)(H,18,20). The lowest BCUT2D eigenvalue weighted by atomic mass is 10.1. The van der Waals surface area contributed by atoms with E-state index in [9.17, 15) is 9.59 Å². The lowest BCUT2D eigenvalue weighted by Crippen LogP contribution is -2.31. The summed E-state index contributed by atoms with van der Waals surface area (Å²) in [7, 11) is 0. The van der Waals surface area contributed by atoms with Gasteiger partial charge in [0.05, 0.1) is 11.3 Å². The molecule has 0 unspecified atom stereocenters. The lowest BCUT2D eigenvalue weighted by Gasteiger charge is -2.10. The summed E-state index contributed by atoms with van der Waals surface area (Å²) in [5.74, 6) is 4.37. The summed E-state index contributed by atoms with van der Waals surface area (Å²) in [6, 6.07) is 13.7. The Morgan fingerprint density at radius 3 is 2.35 bits per heavy atom. The van der Waals surface area contributed by atoms with E-state index < -0.39 is 5.91 Å². The summed E-state index contributed by atoms with van der Waals surface area (Å²) < 4.78 is 0.716. The summed E-state index contributed by atoms with van der Waals surface area (Å²) in [6.45, 7) is 0. The van der Waals surface area contributed by atoms with Crippen LogP contribution in [0.15, 0.2) is 53.0 Å². The Kier molecular flexibility index (Phi) is 4.49. The molecule has 6 heteroatoms. The van der Waals surface area contributed by atoms with Crippen LogP contribution in [0, 0.1) is 0 Å². The Hall–Kier alpha value is -2.18. The van der Waals surface area contributed by atoms with Gasteiger partial charge in [0, 0.05) is 10.0 Å². The normalized spacial score (nSPS) is 9.90. The molecule has 0 aliphatic rings. The van der Waals surface area contributed by atoms with E-state index in [-0.39, 0.29) is 11.5 Å². The molecule has 102 valence electrons. The predicted molar refractivity (Wildman–Crippen MR) is 80.2 cm³/mol. The van der Waals surface area contributed by atoms with E-state index in [1.54, 1.807) is 42.5 Å². The van der Waals surface area contributed by atoms with E-state index in [1.165, 1.54) is 0 Å². The van der Waals surface area contributed by atoms with Crippen LogP contribution >= 0.6 is 15.9 Å². The van der Waals surface area contributed by atoms with Crippen LogP contribution in [0.1, 0.15) is 20.7 Å². The van der Waals surface area contributed by atoms with Crippen LogP contribution in [-0.2, 0) is 0 Å². The van der Waals surface area contributed by atoms with Gasteiger partial charge in [-0.1, -0.05) is 34.1 Å². The van der Waals surface area contributed by atoms with E-state index in [1.807, 2.05) is 6.07 Å². The first kappa shape index (κ1) is 14.2. The average Bonchev–Trinajstić information content (AvgIpc) is 2.49. The van der Waals surface area contributed by atoms with E-state index in [2.05, 4.69) is 26.7 Å². The maximum absolute atomic E-state index is 12.1. The van der Waals surface area contributed by atoms with Gasteiger partial charge in [-0.3, -0.25) is 15.0 Å². The number of benzene rings is 2. The fraction of sp³-hybridized carbons (Fsp3) is 0. The Morgan fingerprint density at radius 1 is 1.00 bits per heavy atom. The zero-order valence-corrected chi connectivity index (χ0v) is 12.0. The zero-order chi connectivity index (χ0) is 14.5. The molecule has 0 radical (unpaired) electrons. The van der Waals surface area contributed by atoms with Gasteiger partial charge in [-0.15, -0.1) is 0 Å². The smallest absolute Gasteiger partial charge is 0.267 e. The molecule has 0 heterocycles. The minimum Gasteiger partial charge on any atom is -0.321 e. The maximum Gasteiger partial charge on any atom is 0.267 e. The first-order valence-electron chi connectivity index (χ1n) is 5.78. The molecule has 0 aliphatic carbocycles. The number of carbonyl (C=O) groups is 2. The van der Waals surface area contributed by atoms with Crippen LogP contribution in [0.25, 0.3) is 0 Å². The number of carbonyl (C=O) groups excluding carboxylic acids is 2. The SMILES string of the molecule is NNC(=O)c1cc(Br)ccc1NC(=O)c1ccccc1. The molecule has 4 N–H and O–H groups in total. The van der Waals surface area contributed by atoms with E-state index in [0.717, 1.165) is 0 Å². The van der Waals surface area contributed by atoms with E-state index >= 15 is 0 Å². The maximum atomic E-state index is 12.1. The van der Waals surface area contributed by atoms with Crippen molar-refractivity contribution in [2.24, 2.45) is 5.84 Å². The Balaban J connectivity index is 2.30. The molecule has 0 aliphatic heterocycles. The van der Waals surface area contributed by atoms with Gasteiger partial charge in [-0.05, 0) is 30.3 Å². The number of amides is 2. The predicted octanol–water partition coefficient (Wildman–Crippen LogP) is 2.30. The van der Waals surface area contributed by atoms with Crippen molar-refractivity contribution in [3.8, 4) is 0 Å². The Labute approximate surface area is 124 Å². The number of halogens is 1. The van der Waals surface area contributed by atoms with Crippen molar-refractivity contribution in [1.82, 2.24) is 5.43 Å². The third kappa shape index (κ3) is 3.23. The highest BCUT2D eigenvalue weighted by Gasteiger charge is 2.14. The fourth-order valence-corrected chi connectivity index (χ4v) is 2.04. The molecule has 5 nitrogen and oxygen atoms in total. The van der Waals surface area contributed by atoms with Crippen LogP contribution in [0.3, 0.4) is 0 Å². The summed E-state index contributed by atoms with van der Waals surface area (Å²) >= 11 is 3.27. The molecule has 0 saturated heterocycles. The fourth-order valence-electron chi connectivity index (χ4n) is 1.68. The molecule has 0 atom stereocenters. The highest BCUT2D eigenvalue weighted by molar-refractivity contribution is 9.10. The number of hydrazine groups is 1. The summed E-state index contributed by atoms with van der Waals surface area (Å²) in [4.78, 5) is 23.8. The quantitative estimate of drug-likeness (QED) is 0.457. The van der Waals surface area contributed by atoms with Crippen molar-refractivity contribution < 1.29 is 9.59 Å². The molecule has 2 aromatic rings. The molecule has 0 fully saturated rings. The van der Waals surface area contributed by atoms with Gasteiger partial charge in [0.25, 0.3) is 11.8 Å². The van der Waals surface area contributed by atoms with Gasteiger partial charge in [-0.2, -0.15) is 0 Å². The molecule has 0 aromatic heterocycles. The van der Waals surface area contributed by atoms with Crippen molar-refractivity contribution >= 4 is 33.4 Å². The molecule has 0 spiro atoms. The Bertz CT molecular complexity index is 644. The number of nitrogens with two attached hydrogens (primary N) is 1. The third-order valence-electron chi connectivity index (χ3n) is 2.64. The van der Waals surface area contributed by atoms with Crippen LogP contribution in [0.2, 0.25) is 0 Å². The van der Waals surface area contributed by atoms with E-state index in [0.29, 0.717) is 15.7 Å². The molecule has 0 saturated carbocycles. The van der Waals surface area contributed by atoms with Gasteiger partial charge >= 0.3 is 0 Å². The van der Waals surface area contributed by atoms with Crippen molar-refractivity contribution in [2.45, 2.75) is 0 Å². The second kappa shape index (κ2) is 6.31. The highest BCUT2D eigenvalue weighted by Crippen LogP contribution is 2.21. The van der Waals surface area contributed by atoms with Gasteiger partial charge in [0.1, 0.15) is 0 Å². The molecular formula is C14H12BrN3O2. The van der Waals surface area contributed by atoms with Gasteiger partial charge < -0.3 is 5.32 Å². The van der Waals surface area contributed by atoms with Crippen LogP contribution in [-0.4, -0.2) is 11.8 Å². The highest BCUT2D eigenvalue weighted by atomic mass is 79.9. The topological polar surface area (TPSA) is 84.2 Å². The van der Waals surface area contributed by atoms with Gasteiger partial charge in [-0.25, -0.2) is 5.84 Å². The molecule has 2 amide bonds. The second-order valence-corrected chi connectivity index (χ2v) is 4.90. The molecule has 2 rings (SSSR count).